The summed E-state index contributed by atoms with van der Waals surface area (Å²) in [6.45, 7) is 14.7. The van der Waals surface area contributed by atoms with E-state index in [2.05, 4.69) is 27.7 Å². The Bertz CT molecular complexity index is 1740. The fraction of sp³-hybridized carbons (Fsp3) is 0.857. The van der Waals surface area contributed by atoms with E-state index in [0.29, 0.717) is 38.5 Å². The van der Waals surface area contributed by atoms with Gasteiger partial charge in [0, 0.05) is 17.3 Å². The second kappa shape index (κ2) is 17.0. The van der Waals surface area contributed by atoms with Crippen molar-refractivity contribution in [1.29, 1.82) is 0 Å². The van der Waals surface area contributed by atoms with Crippen molar-refractivity contribution in [3.8, 4) is 0 Å². The van der Waals surface area contributed by atoms with Gasteiger partial charge in [-0.2, -0.15) is 0 Å². The number of ether oxygens (including phenoxy) is 4. The summed E-state index contributed by atoms with van der Waals surface area (Å²) in [5.41, 5.74) is -2.08. The van der Waals surface area contributed by atoms with Crippen LogP contribution >= 0.6 is 0 Å². The molecule has 0 aromatic rings. The molecule has 0 radical (unpaired) electrons. The monoisotopic (exact) mass is 866 g/mol. The minimum atomic E-state index is -2.11. The van der Waals surface area contributed by atoms with Gasteiger partial charge in [-0.25, -0.2) is 4.79 Å². The van der Waals surface area contributed by atoms with Crippen LogP contribution < -0.4 is 69.3 Å². The van der Waals surface area contributed by atoms with E-state index in [9.17, 15) is 60.0 Å². The summed E-state index contributed by atoms with van der Waals surface area (Å²) in [6, 6.07) is 0. The molecule has 326 valence electrons. The topological polar surface area (TPSA) is 273 Å². The van der Waals surface area contributed by atoms with Crippen molar-refractivity contribution in [1.82, 2.24) is 0 Å². The Balaban J connectivity index is 0.00000341. The number of carbonyl (C=O) groups excluding carboxylic acids is 3. The van der Waals surface area contributed by atoms with Crippen molar-refractivity contribution in [2.45, 2.75) is 174 Å². The third kappa shape index (κ3) is 7.58. The van der Waals surface area contributed by atoms with Crippen molar-refractivity contribution in [2.75, 3.05) is 0 Å². The summed E-state index contributed by atoms with van der Waals surface area (Å²) in [4.78, 5) is 51.0. The number of carboxylic acid groups (broad SMARTS) is 3. The second-order valence-electron chi connectivity index (χ2n) is 20.6. The molecule has 2 aliphatic heterocycles. The summed E-state index contributed by atoms with van der Waals surface area (Å²) < 4.78 is 23.2. The maximum atomic E-state index is 14.8. The van der Waals surface area contributed by atoms with Crippen LogP contribution in [-0.2, 0) is 38.1 Å². The number of carbonyl (C=O) groups is 4. The molecule has 0 spiro atoms. The number of allylic oxidation sites excluding steroid dienone is 2. The van der Waals surface area contributed by atoms with Crippen LogP contribution in [0.2, 0.25) is 0 Å². The molecule has 0 amide bonds. The third-order valence-electron chi connectivity index (χ3n) is 17.2. The number of hydrogen-bond donors (Lipinski definition) is 6. The van der Waals surface area contributed by atoms with Crippen LogP contribution in [0.25, 0.3) is 0 Å². The Morgan fingerprint density at radius 1 is 0.733 bits per heavy atom. The second-order valence-corrected chi connectivity index (χ2v) is 20.6. The molecule has 6 fully saturated rings. The van der Waals surface area contributed by atoms with Crippen molar-refractivity contribution < 1.29 is 138 Å². The van der Waals surface area contributed by atoms with Gasteiger partial charge in [-0.05, 0) is 103 Å². The van der Waals surface area contributed by atoms with E-state index in [4.69, 9.17) is 18.9 Å². The first-order chi connectivity index (χ1) is 26.8. The predicted octanol–water partition coefficient (Wildman–Crippen LogP) is -6.42. The van der Waals surface area contributed by atoms with Crippen LogP contribution in [0.5, 0.6) is 0 Å². The summed E-state index contributed by atoms with van der Waals surface area (Å²) in [7, 11) is 0. The zero-order valence-corrected chi connectivity index (χ0v) is 40.3. The number of carboxylic acids is 3. The van der Waals surface area contributed by atoms with Crippen molar-refractivity contribution >= 4 is 23.7 Å². The number of fused-ring (bicyclic) bond motifs is 7. The van der Waals surface area contributed by atoms with E-state index in [1.54, 1.807) is 6.92 Å². The van der Waals surface area contributed by atoms with Crippen molar-refractivity contribution in [2.24, 2.45) is 50.2 Å². The standard InChI is InChI=1S/C42H62O16.2Na/c1-37(2)21-8-11-42(7)31(20(43)16-18-19-17-39(4,36(53)54)13-12-38(19,3)14-15-41(18,42)6)40(21,5)10-9-22(37)55-35-30(26(47)25(46)29(57-35)33(51)52)58-34-27(48)23(44)24(45)28(56-34)32(49)50;;/h16,19,21-31,34-35,44-48H,8-15,17H2,1-7H3,(H,49,50)(H,51,52)(H,53,54);;/q;2*+1/p-2/t19-,21-,22-,23-,24-,25-,26-,27+,28-,29-,30+,31+,34-,35-,38+,39-,40-,41+,42+;;/m0../s1. The fourth-order valence-electron chi connectivity index (χ4n) is 13.4. The zero-order chi connectivity index (χ0) is 42.9. The van der Waals surface area contributed by atoms with Gasteiger partial charge in [0.2, 0.25) is 0 Å². The van der Waals surface area contributed by atoms with E-state index in [0.717, 1.165) is 24.8 Å². The van der Waals surface area contributed by atoms with Gasteiger partial charge in [0.25, 0.3) is 0 Å². The molecule has 16 nitrogen and oxygen atoms in total. The average molecular weight is 867 g/mol. The molecule has 0 unspecified atom stereocenters. The maximum Gasteiger partial charge on any atom is 1.00 e. The third-order valence-corrected chi connectivity index (χ3v) is 17.2. The van der Waals surface area contributed by atoms with Crippen LogP contribution in [-0.4, -0.2) is 122 Å². The maximum absolute atomic E-state index is 14.8. The molecule has 19 atom stereocenters. The van der Waals surface area contributed by atoms with E-state index in [1.165, 1.54) is 0 Å². The normalized spacial score (nSPS) is 50.8. The van der Waals surface area contributed by atoms with Crippen LogP contribution in [0, 0.1) is 50.2 Å². The number of hydrogen-bond acceptors (Lipinski definition) is 15. The van der Waals surface area contributed by atoms with E-state index < -0.39 is 107 Å². The van der Waals surface area contributed by atoms with Gasteiger partial charge in [0.05, 0.1) is 12.1 Å². The minimum Gasteiger partial charge on any atom is -0.550 e. The molecule has 0 aromatic carbocycles. The van der Waals surface area contributed by atoms with Gasteiger partial charge in [-0.15, -0.1) is 0 Å². The molecule has 0 aromatic heterocycles. The van der Waals surface area contributed by atoms with Gasteiger partial charge in [-0.1, -0.05) is 54.0 Å². The molecule has 18 heteroatoms. The summed E-state index contributed by atoms with van der Waals surface area (Å²) >= 11 is 0. The predicted molar refractivity (Wildman–Crippen MR) is 194 cm³/mol. The smallest absolute Gasteiger partial charge is 0.550 e. The van der Waals surface area contributed by atoms with E-state index >= 15 is 0 Å². The molecule has 4 saturated carbocycles. The van der Waals surface area contributed by atoms with Gasteiger partial charge in [-0.3, -0.25) is 4.79 Å². The van der Waals surface area contributed by atoms with Gasteiger partial charge in [0.1, 0.15) is 42.7 Å². The molecule has 7 aliphatic rings. The summed E-state index contributed by atoms with van der Waals surface area (Å²) in [5, 5.41) is 87.2. The number of ketones is 1. The molecule has 2 saturated heterocycles. The van der Waals surface area contributed by atoms with Gasteiger partial charge in [0.15, 0.2) is 24.5 Å². The molecular formula is C42H60Na2O16. The molecule has 6 N–H and O–H groups in total. The molecular weight excluding hydrogens is 806 g/mol. The Labute approximate surface area is 394 Å². The number of rotatable bonds is 7. The van der Waals surface area contributed by atoms with Gasteiger partial charge >= 0.3 is 65.1 Å². The van der Waals surface area contributed by atoms with Crippen LogP contribution in [0.4, 0.5) is 0 Å². The minimum absolute atomic E-state index is 0. The Hall–Kier alpha value is -0.540. The number of aliphatic hydroxyl groups is 5. The van der Waals surface area contributed by atoms with Crippen LogP contribution in [0.15, 0.2) is 11.6 Å². The van der Waals surface area contributed by atoms with Crippen LogP contribution in [0.3, 0.4) is 0 Å². The Kier molecular flexibility index (Phi) is 14.3. The first kappa shape index (κ1) is 50.5. The molecule has 7 rings (SSSR count). The first-order valence-corrected chi connectivity index (χ1v) is 20.7. The van der Waals surface area contributed by atoms with E-state index in [1.807, 2.05) is 19.9 Å². The molecule has 0 bridgehead atoms. The zero-order valence-electron chi connectivity index (χ0n) is 36.3. The quantitative estimate of drug-likeness (QED) is 0.103. The van der Waals surface area contributed by atoms with Gasteiger partial charge < -0.3 is 69.4 Å². The Morgan fingerprint density at radius 3 is 1.93 bits per heavy atom. The number of aliphatic hydroxyl groups excluding tert-OH is 5. The number of aliphatic carboxylic acids is 3. The largest absolute Gasteiger partial charge is 1.00 e. The molecule has 2 heterocycles. The van der Waals surface area contributed by atoms with Crippen LogP contribution in [0.1, 0.15) is 106 Å². The first-order valence-electron chi connectivity index (χ1n) is 20.7. The molecule has 60 heavy (non-hydrogen) atoms. The fourth-order valence-corrected chi connectivity index (χ4v) is 13.4. The van der Waals surface area contributed by atoms with Crippen molar-refractivity contribution in [3.05, 3.63) is 11.6 Å². The summed E-state index contributed by atoms with van der Waals surface area (Å²) in [5.74, 6) is -5.09. The van der Waals surface area contributed by atoms with Crippen molar-refractivity contribution in [3.63, 3.8) is 0 Å². The SMILES string of the molecule is CC1(C)[C@@H](O[C@H]2O[C@H](C(=O)[O-])[C@@H](O)[C@H](O)[C@H]2O[C@@H]2O[C@H](C(=O)O)[C@@H](O)[C@H](O)[C@H]2O)CC[C@]2(C)[C@H]3C(=O)C=C4[C@@H]5C[C@@](C)(C(=O)[O-])CC[C@]5(C)CC[C@@]4(C)[C@]3(C)CC[C@@H]12.[Na+].[Na+]. The Morgan fingerprint density at radius 2 is 1.33 bits per heavy atom. The average Bonchev–Trinajstić information content (AvgIpc) is 3.13. The van der Waals surface area contributed by atoms with E-state index in [-0.39, 0.29) is 93.5 Å². The molecule has 5 aliphatic carbocycles. The summed E-state index contributed by atoms with van der Waals surface area (Å²) in [6.07, 6.45) is -13.0.